The summed E-state index contributed by atoms with van der Waals surface area (Å²) in [7, 11) is 0. The van der Waals surface area contributed by atoms with Crippen molar-refractivity contribution in [3.63, 3.8) is 0 Å². The Morgan fingerprint density at radius 1 is 1.35 bits per heavy atom. The Labute approximate surface area is 123 Å². The molecule has 20 heavy (non-hydrogen) atoms. The summed E-state index contributed by atoms with van der Waals surface area (Å²) in [5, 5.41) is 6.35. The molecule has 0 aromatic carbocycles. The Bertz CT molecular complexity index is 264. The summed E-state index contributed by atoms with van der Waals surface area (Å²) in [6.45, 7) is 11.9. The first kappa shape index (κ1) is 17.4. The van der Waals surface area contributed by atoms with Gasteiger partial charge in [-0.2, -0.15) is 0 Å². The molecule has 0 aliphatic carbocycles. The molecule has 5 nitrogen and oxygen atoms in total. The lowest BCUT2D eigenvalue weighted by atomic mass is 10.1. The van der Waals surface area contributed by atoms with Gasteiger partial charge in [-0.3, -0.25) is 4.79 Å². The lowest BCUT2D eigenvalue weighted by molar-refractivity contribution is -0.123. The molecule has 0 radical (unpaired) electrons. The number of nitrogens with one attached hydrogen (secondary N) is 2. The highest BCUT2D eigenvalue weighted by atomic mass is 16.5. The summed E-state index contributed by atoms with van der Waals surface area (Å²) in [6.07, 6.45) is 2.91. The van der Waals surface area contributed by atoms with Crippen molar-refractivity contribution in [3.05, 3.63) is 0 Å². The van der Waals surface area contributed by atoms with Crippen LogP contribution in [0, 0.1) is 0 Å². The smallest absolute Gasteiger partial charge is 0.222 e. The molecule has 5 heteroatoms. The third-order valence-electron chi connectivity index (χ3n) is 3.80. The Kier molecular flexibility index (Phi) is 8.82. The molecule has 118 valence electrons. The third-order valence-corrected chi connectivity index (χ3v) is 3.80. The van der Waals surface area contributed by atoms with Gasteiger partial charge in [0.25, 0.3) is 0 Å². The van der Waals surface area contributed by atoms with Crippen LogP contribution in [-0.4, -0.2) is 62.3 Å². The van der Waals surface area contributed by atoms with Gasteiger partial charge >= 0.3 is 0 Å². The highest BCUT2D eigenvalue weighted by Gasteiger charge is 2.14. The summed E-state index contributed by atoms with van der Waals surface area (Å²) < 4.78 is 5.75. The van der Waals surface area contributed by atoms with E-state index in [9.17, 15) is 4.79 Å². The van der Waals surface area contributed by atoms with Gasteiger partial charge in [0.1, 0.15) is 0 Å². The molecule has 1 rings (SSSR count). The summed E-state index contributed by atoms with van der Waals surface area (Å²) >= 11 is 0. The van der Waals surface area contributed by atoms with Crippen LogP contribution >= 0.6 is 0 Å². The SMILES string of the molecule is CCN(CC)CC(C)NC(=O)CCOC1CCNCC1. The summed E-state index contributed by atoms with van der Waals surface area (Å²) in [5.41, 5.74) is 0. The van der Waals surface area contributed by atoms with Crippen LogP contribution in [0.2, 0.25) is 0 Å². The van der Waals surface area contributed by atoms with Crippen LogP contribution in [0.1, 0.15) is 40.0 Å². The van der Waals surface area contributed by atoms with Crippen LogP contribution < -0.4 is 10.6 Å². The van der Waals surface area contributed by atoms with Crippen molar-refractivity contribution in [1.82, 2.24) is 15.5 Å². The largest absolute Gasteiger partial charge is 0.378 e. The maximum Gasteiger partial charge on any atom is 0.222 e. The topological polar surface area (TPSA) is 53.6 Å². The van der Waals surface area contributed by atoms with E-state index in [1.165, 1.54) is 0 Å². The molecule has 0 aromatic rings. The molecular weight excluding hydrogens is 254 g/mol. The summed E-state index contributed by atoms with van der Waals surface area (Å²) in [5.74, 6) is 0.0959. The van der Waals surface area contributed by atoms with Gasteiger partial charge in [-0.25, -0.2) is 0 Å². The fraction of sp³-hybridized carbons (Fsp3) is 0.933. The second kappa shape index (κ2) is 10.1. The van der Waals surface area contributed by atoms with Gasteiger partial charge in [0.05, 0.1) is 12.7 Å². The second-order valence-corrected chi connectivity index (χ2v) is 5.52. The Balaban J connectivity index is 2.09. The van der Waals surface area contributed by atoms with E-state index in [0.717, 1.165) is 45.6 Å². The molecule has 1 atom stereocenters. The normalized spacial score (nSPS) is 18.2. The van der Waals surface area contributed by atoms with E-state index in [1.54, 1.807) is 0 Å². The summed E-state index contributed by atoms with van der Waals surface area (Å²) in [4.78, 5) is 14.1. The van der Waals surface area contributed by atoms with Crippen LogP contribution in [0.4, 0.5) is 0 Å². The fourth-order valence-corrected chi connectivity index (χ4v) is 2.54. The van der Waals surface area contributed by atoms with E-state index >= 15 is 0 Å². The van der Waals surface area contributed by atoms with E-state index in [0.29, 0.717) is 19.1 Å². The van der Waals surface area contributed by atoms with Crippen LogP contribution in [0.15, 0.2) is 0 Å². The quantitative estimate of drug-likeness (QED) is 0.663. The van der Waals surface area contributed by atoms with Crippen molar-refractivity contribution in [1.29, 1.82) is 0 Å². The predicted molar refractivity (Wildman–Crippen MR) is 81.9 cm³/mol. The number of piperidine rings is 1. The zero-order valence-electron chi connectivity index (χ0n) is 13.3. The molecule has 0 aromatic heterocycles. The van der Waals surface area contributed by atoms with Crippen molar-refractivity contribution < 1.29 is 9.53 Å². The Morgan fingerprint density at radius 3 is 2.60 bits per heavy atom. The second-order valence-electron chi connectivity index (χ2n) is 5.52. The number of ether oxygens (including phenoxy) is 1. The van der Waals surface area contributed by atoms with Gasteiger partial charge in [-0.15, -0.1) is 0 Å². The Hall–Kier alpha value is -0.650. The Morgan fingerprint density at radius 2 is 2.00 bits per heavy atom. The van der Waals surface area contributed by atoms with Crippen molar-refractivity contribution in [2.45, 2.75) is 52.2 Å². The van der Waals surface area contributed by atoms with Crippen LogP contribution in [0.25, 0.3) is 0 Å². The first-order chi connectivity index (χ1) is 9.65. The van der Waals surface area contributed by atoms with Gasteiger partial charge in [0.2, 0.25) is 5.91 Å². The minimum absolute atomic E-state index is 0.0959. The van der Waals surface area contributed by atoms with E-state index in [1.807, 2.05) is 0 Å². The lowest BCUT2D eigenvalue weighted by Crippen LogP contribution is -2.42. The average Bonchev–Trinajstić information content (AvgIpc) is 2.45. The maximum atomic E-state index is 11.8. The van der Waals surface area contributed by atoms with Gasteiger partial charge in [-0.1, -0.05) is 13.8 Å². The van der Waals surface area contributed by atoms with Crippen molar-refractivity contribution in [3.8, 4) is 0 Å². The maximum absolute atomic E-state index is 11.8. The molecule has 1 aliphatic rings. The minimum atomic E-state index is 0.0959. The standard InChI is InChI=1S/C15H31N3O2/c1-4-18(5-2)12-13(3)17-15(19)8-11-20-14-6-9-16-10-7-14/h13-14,16H,4-12H2,1-3H3,(H,17,19). The monoisotopic (exact) mass is 285 g/mol. The predicted octanol–water partition coefficient (Wildman–Crippen LogP) is 0.992. The third kappa shape index (κ3) is 7.22. The number of carbonyl (C=O) groups is 1. The molecule has 1 unspecified atom stereocenters. The highest BCUT2D eigenvalue weighted by molar-refractivity contribution is 5.76. The molecule has 0 spiro atoms. The first-order valence-corrected chi connectivity index (χ1v) is 7.99. The van der Waals surface area contributed by atoms with Crippen molar-refractivity contribution in [2.75, 3.05) is 39.3 Å². The summed E-state index contributed by atoms with van der Waals surface area (Å²) in [6, 6.07) is 0.196. The zero-order valence-corrected chi connectivity index (χ0v) is 13.3. The number of likely N-dealkylation sites (N-methyl/N-ethyl adjacent to an activating group) is 1. The number of hydrogen-bond donors (Lipinski definition) is 2. The van der Waals surface area contributed by atoms with E-state index in [2.05, 4.69) is 36.3 Å². The van der Waals surface area contributed by atoms with Crippen LogP contribution in [0.3, 0.4) is 0 Å². The molecule has 1 fully saturated rings. The van der Waals surface area contributed by atoms with Gasteiger partial charge in [-0.05, 0) is 45.9 Å². The van der Waals surface area contributed by atoms with Gasteiger partial charge in [0.15, 0.2) is 0 Å². The number of carbonyl (C=O) groups excluding carboxylic acids is 1. The van der Waals surface area contributed by atoms with Crippen LogP contribution in [-0.2, 0) is 9.53 Å². The van der Waals surface area contributed by atoms with Gasteiger partial charge in [0, 0.05) is 19.0 Å². The lowest BCUT2D eigenvalue weighted by Gasteiger charge is -2.24. The van der Waals surface area contributed by atoms with E-state index in [4.69, 9.17) is 4.74 Å². The molecular formula is C15H31N3O2. The number of nitrogens with zero attached hydrogens (tertiary/aromatic N) is 1. The van der Waals surface area contributed by atoms with Crippen molar-refractivity contribution >= 4 is 5.91 Å². The van der Waals surface area contributed by atoms with Crippen LogP contribution in [0.5, 0.6) is 0 Å². The van der Waals surface area contributed by atoms with E-state index in [-0.39, 0.29) is 11.9 Å². The molecule has 1 heterocycles. The molecule has 0 bridgehead atoms. The highest BCUT2D eigenvalue weighted by Crippen LogP contribution is 2.07. The van der Waals surface area contributed by atoms with E-state index < -0.39 is 0 Å². The number of amides is 1. The van der Waals surface area contributed by atoms with Crippen molar-refractivity contribution in [2.24, 2.45) is 0 Å². The first-order valence-electron chi connectivity index (χ1n) is 7.99. The fourth-order valence-electron chi connectivity index (χ4n) is 2.54. The molecule has 0 saturated carbocycles. The zero-order chi connectivity index (χ0) is 14.8. The number of hydrogen-bond acceptors (Lipinski definition) is 4. The average molecular weight is 285 g/mol. The van der Waals surface area contributed by atoms with Gasteiger partial charge < -0.3 is 20.3 Å². The molecule has 1 amide bonds. The minimum Gasteiger partial charge on any atom is -0.378 e. The molecule has 2 N–H and O–H groups in total. The molecule has 1 saturated heterocycles. The number of rotatable bonds is 9. The molecule has 1 aliphatic heterocycles.